The molecule has 0 aliphatic heterocycles. The quantitative estimate of drug-likeness (QED) is 0.934. The lowest BCUT2D eigenvalue weighted by molar-refractivity contribution is 0.0697. The van der Waals surface area contributed by atoms with E-state index >= 15 is 0 Å². The van der Waals surface area contributed by atoms with Gasteiger partial charge < -0.3 is 9.63 Å². The van der Waals surface area contributed by atoms with Crippen LogP contribution in [0.25, 0.3) is 11.3 Å². The van der Waals surface area contributed by atoms with E-state index < -0.39 is 15.8 Å². The second-order valence-corrected chi connectivity index (χ2v) is 6.57. The highest BCUT2D eigenvalue weighted by molar-refractivity contribution is 7.90. The minimum Gasteiger partial charge on any atom is -0.478 e. The summed E-state index contributed by atoms with van der Waals surface area (Å²) in [6.07, 6.45) is 1.01. The van der Waals surface area contributed by atoms with Crippen molar-refractivity contribution in [1.82, 2.24) is 5.16 Å². The largest absolute Gasteiger partial charge is 0.478 e. The Kier molecular flexibility index (Phi) is 3.58. The molecule has 2 aromatic rings. The van der Waals surface area contributed by atoms with Gasteiger partial charge in [-0.05, 0) is 19.1 Å². The van der Waals surface area contributed by atoms with Gasteiger partial charge in [0.15, 0.2) is 15.6 Å². The van der Waals surface area contributed by atoms with E-state index in [0.29, 0.717) is 5.69 Å². The van der Waals surface area contributed by atoms with Crippen LogP contribution in [-0.2, 0) is 9.84 Å². The Labute approximate surface area is 119 Å². The van der Waals surface area contributed by atoms with Crippen LogP contribution < -0.4 is 0 Å². The summed E-state index contributed by atoms with van der Waals surface area (Å²) in [5.74, 6) is -1.15. The SMILES string of the molecule is Cc1cc(-c2c(S(C)(=O)=O)ccc(C(=O)O)c2Cl)on1. The van der Waals surface area contributed by atoms with E-state index in [1.54, 1.807) is 6.92 Å². The first-order valence-electron chi connectivity index (χ1n) is 5.41. The number of aromatic carboxylic acids is 1. The topological polar surface area (TPSA) is 97.5 Å². The Morgan fingerprint density at radius 2 is 2.05 bits per heavy atom. The van der Waals surface area contributed by atoms with Gasteiger partial charge in [0.2, 0.25) is 0 Å². The first-order valence-corrected chi connectivity index (χ1v) is 7.68. The molecule has 0 spiro atoms. The lowest BCUT2D eigenvalue weighted by Gasteiger charge is -2.09. The Bertz CT molecular complexity index is 794. The van der Waals surface area contributed by atoms with Gasteiger partial charge in [-0.15, -0.1) is 0 Å². The van der Waals surface area contributed by atoms with E-state index in [9.17, 15) is 13.2 Å². The lowest BCUT2D eigenvalue weighted by Crippen LogP contribution is -2.05. The normalized spacial score (nSPS) is 11.6. The second kappa shape index (κ2) is 4.92. The number of benzene rings is 1. The van der Waals surface area contributed by atoms with E-state index in [-0.39, 0.29) is 26.8 Å². The van der Waals surface area contributed by atoms with E-state index in [4.69, 9.17) is 21.2 Å². The second-order valence-electron chi connectivity index (χ2n) is 4.21. The zero-order valence-electron chi connectivity index (χ0n) is 10.5. The number of aromatic nitrogens is 1. The predicted octanol–water partition coefficient (Wildman–Crippen LogP) is 2.41. The molecule has 6 nitrogen and oxygen atoms in total. The van der Waals surface area contributed by atoms with Gasteiger partial charge in [-0.2, -0.15) is 0 Å². The molecule has 0 fully saturated rings. The number of hydrogen-bond acceptors (Lipinski definition) is 5. The smallest absolute Gasteiger partial charge is 0.337 e. The van der Waals surface area contributed by atoms with Crippen molar-refractivity contribution in [3.8, 4) is 11.3 Å². The van der Waals surface area contributed by atoms with Crippen LogP contribution in [0, 0.1) is 6.92 Å². The molecular formula is C12H10ClNO5S. The molecule has 0 amide bonds. The number of carbonyl (C=O) groups is 1. The molecule has 0 bridgehead atoms. The summed E-state index contributed by atoms with van der Waals surface area (Å²) in [6.45, 7) is 1.65. The summed E-state index contributed by atoms with van der Waals surface area (Å²) >= 11 is 6.03. The molecule has 0 aliphatic carbocycles. The first-order chi connectivity index (χ1) is 9.21. The number of nitrogens with zero attached hydrogens (tertiary/aromatic N) is 1. The molecule has 0 atom stereocenters. The van der Waals surface area contributed by atoms with Crippen LogP contribution in [0.3, 0.4) is 0 Å². The third-order valence-corrected chi connectivity index (χ3v) is 4.14. The van der Waals surface area contributed by atoms with Crippen molar-refractivity contribution in [1.29, 1.82) is 0 Å². The third-order valence-electron chi connectivity index (χ3n) is 2.61. The molecule has 2 rings (SSSR count). The van der Waals surface area contributed by atoms with Gasteiger partial charge in [0.1, 0.15) is 0 Å². The van der Waals surface area contributed by atoms with Crippen molar-refractivity contribution in [2.45, 2.75) is 11.8 Å². The maximum atomic E-state index is 11.8. The summed E-state index contributed by atoms with van der Waals surface area (Å²) in [5, 5.41) is 12.5. The summed E-state index contributed by atoms with van der Waals surface area (Å²) in [5.41, 5.74) is 0.328. The van der Waals surface area contributed by atoms with Crippen LogP contribution in [0.2, 0.25) is 5.02 Å². The number of carboxylic acids is 1. The van der Waals surface area contributed by atoms with Crippen molar-refractivity contribution in [3.63, 3.8) is 0 Å². The number of carboxylic acid groups (broad SMARTS) is 1. The van der Waals surface area contributed by atoms with Gasteiger partial charge in [0.25, 0.3) is 0 Å². The molecule has 1 heterocycles. The minimum atomic E-state index is -3.60. The molecular weight excluding hydrogens is 306 g/mol. The number of halogens is 1. The van der Waals surface area contributed by atoms with Crippen LogP contribution in [0.5, 0.6) is 0 Å². The average molecular weight is 316 g/mol. The van der Waals surface area contributed by atoms with Crippen molar-refractivity contribution in [3.05, 3.63) is 34.5 Å². The molecule has 0 radical (unpaired) electrons. The van der Waals surface area contributed by atoms with Crippen molar-refractivity contribution < 1.29 is 22.8 Å². The molecule has 0 unspecified atom stereocenters. The molecule has 0 saturated heterocycles. The molecule has 0 saturated carbocycles. The number of rotatable bonds is 3. The molecule has 1 aromatic heterocycles. The average Bonchev–Trinajstić information content (AvgIpc) is 2.73. The molecule has 1 aromatic carbocycles. The molecule has 0 aliphatic rings. The Morgan fingerprint density at radius 3 is 2.50 bits per heavy atom. The lowest BCUT2D eigenvalue weighted by atomic mass is 10.1. The summed E-state index contributed by atoms with van der Waals surface area (Å²) < 4.78 is 28.6. The highest BCUT2D eigenvalue weighted by atomic mass is 35.5. The zero-order chi connectivity index (χ0) is 15.1. The third kappa shape index (κ3) is 2.54. The minimum absolute atomic E-state index is 0.00895. The van der Waals surface area contributed by atoms with Crippen LogP contribution in [0.15, 0.2) is 27.6 Å². The fourth-order valence-corrected chi connectivity index (χ4v) is 3.03. The van der Waals surface area contributed by atoms with Gasteiger partial charge in [0.05, 0.1) is 26.7 Å². The number of sulfone groups is 1. The number of aryl methyl sites for hydroxylation is 1. The molecule has 1 N–H and O–H groups in total. The van der Waals surface area contributed by atoms with Crippen LogP contribution in [0.4, 0.5) is 0 Å². The van der Waals surface area contributed by atoms with Crippen molar-refractivity contribution in [2.75, 3.05) is 6.26 Å². The van der Waals surface area contributed by atoms with Crippen LogP contribution in [-0.4, -0.2) is 30.9 Å². The van der Waals surface area contributed by atoms with Gasteiger partial charge in [-0.1, -0.05) is 16.8 Å². The van der Waals surface area contributed by atoms with E-state index in [1.807, 2.05) is 0 Å². The highest BCUT2D eigenvalue weighted by Gasteiger charge is 2.24. The molecule has 8 heteroatoms. The van der Waals surface area contributed by atoms with Crippen molar-refractivity contribution in [2.24, 2.45) is 0 Å². The maximum absolute atomic E-state index is 11.8. The first kappa shape index (κ1) is 14.5. The fraction of sp³-hybridized carbons (Fsp3) is 0.167. The van der Waals surface area contributed by atoms with E-state index in [2.05, 4.69) is 5.16 Å². The van der Waals surface area contributed by atoms with Gasteiger partial charge in [0, 0.05) is 12.3 Å². The number of hydrogen-bond donors (Lipinski definition) is 1. The maximum Gasteiger partial charge on any atom is 0.337 e. The fourth-order valence-electron chi connectivity index (χ4n) is 1.74. The van der Waals surface area contributed by atoms with Gasteiger partial charge in [-0.25, -0.2) is 13.2 Å². The standard InChI is InChI=1S/C12H10ClNO5S/c1-6-5-8(19-14-6)10-9(20(2,17)18)4-3-7(11(10)13)12(15)16/h3-5H,1-2H3,(H,15,16). The summed E-state index contributed by atoms with van der Waals surface area (Å²) in [4.78, 5) is 11.0. The Morgan fingerprint density at radius 1 is 1.40 bits per heavy atom. The zero-order valence-corrected chi connectivity index (χ0v) is 12.1. The Hall–Kier alpha value is -1.86. The summed E-state index contributed by atoms with van der Waals surface area (Å²) in [7, 11) is -3.60. The predicted molar refractivity (Wildman–Crippen MR) is 71.8 cm³/mol. The van der Waals surface area contributed by atoms with Crippen LogP contribution >= 0.6 is 11.6 Å². The van der Waals surface area contributed by atoms with Crippen LogP contribution in [0.1, 0.15) is 16.1 Å². The highest BCUT2D eigenvalue weighted by Crippen LogP contribution is 2.36. The van der Waals surface area contributed by atoms with E-state index in [1.165, 1.54) is 12.1 Å². The summed E-state index contributed by atoms with van der Waals surface area (Å²) in [6, 6.07) is 3.83. The van der Waals surface area contributed by atoms with Gasteiger partial charge in [-0.3, -0.25) is 0 Å². The van der Waals surface area contributed by atoms with E-state index in [0.717, 1.165) is 12.3 Å². The molecule has 106 valence electrons. The van der Waals surface area contributed by atoms with Gasteiger partial charge >= 0.3 is 5.97 Å². The monoisotopic (exact) mass is 315 g/mol. The molecule has 20 heavy (non-hydrogen) atoms. The Balaban J connectivity index is 2.86. The van der Waals surface area contributed by atoms with Crippen molar-refractivity contribution >= 4 is 27.4 Å².